The second kappa shape index (κ2) is 9.48. The predicted molar refractivity (Wildman–Crippen MR) is 134 cm³/mol. The van der Waals surface area contributed by atoms with Gasteiger partial charge in [0.15, 0.2) is 17.3 Å². The van der Waals surface area contributed by atoms with E-state index in [1.807, 2.05) is 40.2 Å². The lowest BCUT2D eigenvalue weighted by atomic mass is 10.0. The van der Waals surface area contributed by atoms with E-state index in [-0.39, 0.29) is 24.4 Å². The molecule has 2 aromatic carbocycles. The Bertz CT molecular complexity index is 1540. The Morgan fingerprint density at radius 2 is 1.94 bits per heavy atom. The molecule has 0 amide bonds. The molecular formula is C27H23FN2O4S. The van der Waals surface area contributed by atoms with Gasteiger partial charge in [0, 0.05) is 34.5 Å². The van der Waals surface area contributed by atoms with Gasteiger partial charge in [0.05, 0.1) is 36.2 Å². The van der Waals surface area contributed by atoms with Crippen molar-refractivity contribution in [1.82, 2.24) is 9.38 Å². The summed E-state index contributed by atoms with van der Waals surface area (Å²) in [4.78, 5) is 17.6. The Morgan fingerprint density at radius 3 is 2.74 bits per heavy atom. The summed E-state index contributed by atoms with van der Waals surface area (Å²) in [5.74, 6) is 1.25. The number of methoxy groups -OCH3 is 2. The number of imidazole rings is 1. The van der Waals surface area contributed by atoms with Crippen molar-refractivity contribution in [2.45, 2.75) is 18.9 Å². The Labute approximate surface area is 205 Å². The van der Waals surface area contributed by atoms with Crippen LogP contribution in [0, 0.1) is 5.82 Å². The number of aliphatic hydroxyl groups is 1. The highest BCUT2D eigenvalue weighted by Gasteiger charge is 2.22. The fourth-order valence-corrected chi connectivity index (χ4v) is 5.20. The standard InChI is InChI=1S/C27H23FN2O4S/c1-33-23-12-9-16(14-24(23)34-2)21(31)10-11-22(32)25-20-8-3-4-13-30(20)27(29-25)18-15-35-26-17(18)6-5-7-19(26)28/h3-9,12-15,22,32H,10-11H2,1-2H3. The third kappa shape index (κ3) is 4.15. The first-order valence-electron chi connectivity index (χ1n) is 11.1. The Hall–Kier alpha value is -3.75. The van der Waals surface area contributed by atoms with Crippen molar-refractivity contribution >= 4 is 32.7 Å². The van der Waals surface area contributed by atoms with Crippen LogP contribution in [0.2, 0.25) is 0 Å². The summed E-state index contributed by atoms with van der Waals surface area (Å²) in [5, 5.41) is 13.7. The molecule has 5 aromatic rings. The van der Waals surface area contributed by atoms with Crippen molar-refractivity contribution < 1.29 is 23.8 Å². The van der Waals surface area contributed by atoms with E-state index in [1.165, 1.54) is 31.6 Å². The first-order valence-corrected chi connectivity index (χ1v) is 12.0. The second-order valence-corrected chi connectivity index (χ2v) is 8.97. The lowest BCUT2D eigenvalue weighted by Crippen LogP contribution is -2.05. The molecular weight excluding hydrogens is 467 g/mol. The summed E-state index contributed by atoms with van der Waals surface area (Å²) in [6, 6.07) is 15.6. The number of hydrogen-bond donors (Lipinski definition) is 1. The van der Waals surface area contributed by atoms with Crippen molar-refractivity contribution in [3.63, 3.8) is 0 Å². The lowest BCUT2D eigenvalue weighted by molar-refractivity contribution is 0.0938. The van der Waals surface area contributed by atoms with Crippen molar-refractivity contribution in [1.29, 1.82) is 0 Å². The number of ether oxygens (including phenoxy) is 2. The minimum absolute atomic E-state index is 0.118. The van der Waals surface area contributed by atoms with E-state index in [2.05, 4.69) is 0 Å². The number of benzene rings is 2. The van der Waals surface area contributed by atoms with Gasteiger partial charge in [0.1, 0.15) is 11.6 Å². The molecule has 0 aliphatic heterocycles. The number of Topliss-reactive ketones (excluding diaryl/α,β-unsaturated/α-hetero) is 1. The van der Waals surface area contributed by atoms with Gasteiger partial charge < -0.3 is 14.6 Å². The molecule has 0 saturated carbocycles. The van der Waals surface area contributed by atoms with Crippen LogP contribution in [0.5, 0.6) is 11.5 Å². The van der Waals surface area contributed by atoms with Crippen LogP contribution in [0.3, 0.4) is 0 Å². The zero-order chi connectivity index (χ0) is 24.5. The van der Waals surface area contributed by atoms with Gasteiger partial charge in [0.2, 0.25) is 0 Å². The number of thiophene rings is 1. The van der Waals surface area contributed by atoms with Crippen LogP contribution in [0.25, 0.3) is 27.0 Å². The minimum Gasteiger partial charge on any atom is -0.493 e. The predicted octanol–water partition coefficient (Wildman–Crippen LogP) is 6.07. The van der Waals surface area contributed by atoms with Crippen LogP contribution in [0.4, 0.5) is 4.39 Å². The number of carbonyl (C=O) groups is 1. The number of carbonyl (C=O) groups excluding carboxylic acids is 1. The average Bonchev–Trinajstić information content (AvgIpc) is 3.49. The maximum absolute atomic E-state index is 14.3. The highest BCUT2D eigenvalue weighted by Crippen LogP contribution is 2.37. The van der Waals surface area contributed by atoms with E-state index in [0.717, 1.165) is 16.5 Å². The molecule has 0 aliphatic carbocycles. The molecule has 8 heteroatoms. The molecule has 0 bridgehead atoms. The Morgan fingerprint density at radius 1 is 1.11 bits per heavy atom. The zero-order valence-corrected chi connectivity index (χ0v) is 20.0. The summed E-state index contributed by atoms with van der Waals surface area (Å²) in [7, 11) is 3.05. The normalized spacial score (nSPS) is 12.2. The van der Waals surface area contributed by atoms with Crippen LogP contribution in [-0.2, 0) is 0 Å². The van der Waals surface area contributed by atoms with Crippen molar-refractivity contribution in [3.05, 3.63) is 83.2 Å². The third-order valence-corrected chi connectivity index (χ3v) is 7.04. The second-order valence-electron chi connectivity index (χ2n) is 8.09. The largest absolute Gasteiger partial charge is 0.493 e. The number of ketones is 1. The van der Waals surface area contributed by atoms with Gasteiger partial charge in [-0.25, -0.2) is 9.37 Å². The molecule has 1 atom stereocenters. The Kier molecular flexibility index (Phi) is 6.23. The molecule has 5 rings (SSSR count). The molecule has 0 spiro atoms. The molecule has 0 fully saturated rings. The summed E-state index contributed by atoms with van der Waals surface area (Å²) in [6.45, 7) is 0. The highest BCUT2D eigenvalue weighted by molar-refractivity contribution is 7.17. The molecule has 1 unspecified atom stereocenters. The van der Waals surface area contributed by atoms with Crippen molar-refractivity contribution in [2.24, 2.45) is 0 Å². The summed E-state index contributed by atoms with van der Waals surface area (Å²) in [5.41, 5.74) is 2.50. The number of pyridine rings is 1. The van der Waals surface area contributed by atoms with Crippen molar-refractivity contribution in [3.8, 4) is 22.9 Å². The van der Waals surface area contributed by atoms with E-state index in [1.54, 1.807) is 24.3 Å². The number of rotatable bonds is 8. The number of aliphatic hydroxyl groups excluding tert-OH is 1. The minimum atomic E-state index is -0.952. The molecule has 6 nitrogen and oxygen atoms in total. The van der Waals surface area contributed by atoms with E-state index < -0.39 is 6.10 Å². The number of halogens is 1. The van der Waals surface area contributed by atoms with Crippen LogP contribution < -0.4 is 9.47 Å². The van der Waals surface area contributed by atoms with Gasteiger partial charge in [-0.3, -0.25) is 9.20 Å². The van der Waals surface area contributed by atoms with Gasteiger partial charge >= 0.3 is 0 Å². The van der Waals surface area contributed by atoms with Crippen LogP contribution in [0.15, 0.2) is 66.2 Å². The monoisotopic (exact) mass is 490 g/mol. The van der Waals surface area contributed by atoms with Crippen molar-refractivity contribution in [2.75, 3.05) is 14.2 Å². The average molecular weight is 491 g/mol. The number of hydrogen-bond acceptors (Lipinski definition) is 6. The van der Waals surface area contributed by atoms with E-state index in [0.29, 0.717) is 33.3 Å². The van der Waals surface area contributed by atoms with E-state index in [9.17, 15) is 14.3 Å². The van der Waals surface area contributed by atoms with Gasteiger partial charge in [-0.05, 0) is 42.8 Å². The molecule has 178 valence electrons. The fraction of sp³-hybridized carbons (Fsp3) is 0.185. The SMILES string of the molecule is COc1ccc(C(=O)CCC(O)c2nc(-c3csc4c(F)cccc34)n3ccccc23)cc1OC. The van der Waals surface area contributed by atoms with Crippen LogP contribution in [0.1, 0.15) is 35.0 Å². The topological polar surface area (TPSA) is 73.1 Å². The Balaban J connectivity index is 1.43. The van der Waals surface area contributed by atoms with E-state index >= 15 is 0 Å². The quantitative estimate of drug-likeness (QED) is 0.267. The molecule has 3 aromatic heterocycles. The molecule has 3 heterocycles. The summed E-state index contributed by atoms with van der Waals surface area (Å²) < 4.78 is 27.2. The first-order chi connectivity index (χ1) is 17.0. The highest BCUT2D eigenvalue weighted by atomic mass is 32.1. The number of aromatic nitrogens is 2. The lowest BCUT2D eigenvalue weighted by Gasteiger charge is -2.10. The van der Waals surface area contributed by atoms with Gasteiger partial charge in [-0.2, -0.15) is 0 Å². The fourth-order valence-electron chi connectivity index (χ4n) is 4.25. The molecule has 35 heavy (non-hydrogen) atoms. The summed E-state index contributed by atoms with van der Waals surface area (Å²) in [6.07, 6.45) is 1.25. The molecule has 0 radical (unpaired) electrons. The van der Waals surface area contributed by atoms with Gasteiger partial charge in [-0.15, -0.1) is 11.3 Å². The molecule has 0 aliphatic rings. The van der Waals surface area contributed by atoms with Crippen LogP contribution in [-0.4, -0.2) is 34.5 Å². The third-order valence-electron chi connectivity index (χ3n) is 6.04. The zero-order valence-electron chi connectivity index (χ0n) is 19.2. The maximum Gasteiger partial charge on any atom is 0.163 e. The number of nitrogens with zero attached hydrogens (tertiary/aromatic N) is 2. The van der Waals surface area contributed by atoms with Crippen LogP contribution >= 0.6 is 11.3 Å². The smallest absolute Gasteiger partial charge is 0.163 e. The maximum atomic E-state index is 14.3. The van der Waals surface area contributed by atoms with Gasteiger partial charge in [0.25, 0.3) is 0 Å². The van der Waals surface area contributed by atoms with Gasteiger partial charge in [-0.1, -0.05) is 18.2 Å². The number of fused-ring (bicyclic) bond motifs is 2. The molecule has 0 saturated heterocycles. The molecule has 1 N–H and O–H groups in total. The van der Waals surface area contributed by atoms with E-state index in [4.69, 9.17) is 14.5 Å². The first kappa shape index (κ1) is 23.0. The summed E-state index contributed by atoms with van der Waals surface area (Å²) >= 11 is 1.32.